The molecule has 3 aromatic rings. The van der Waals surface area contributed by atoms with E-state index in [-0.39, 0.29) is 11.6 Å². The molecule has 2 amide bonds. The highest BCUT2D eigenvalue weighted by molar-refractivity contribution is 6.46. The fourth-order valence-corrected chi connectivity index (χ4v) is 3.40. The van der Waals surface area contributed by atoms with E-state index >= 15 is 0 Å². The van der Waals surface area contributed by atoms with Gasteiger partial charge in [-0.15, -0.1) is 0 Å². The van der Waals surface area contributed by atoms with E-state index in [9.17, 15) is 9.59 Å². The molecule has 0 spiro atoms. The van der Waals surface area contributed by atoms with Crippen LogP contribution in [-0.2, 0) is 9.59 Å². The quantitative estimate of drug-likeness (QED) is 0.663. The zero-order valence-corrected chi connectivity index (χ0v) is 16.2. The van der Waals surface area contributed by atoms with Crippen LogP contribution >= 0.6 is 0 Å². The zero-order chi connectivity index (χ0) is 20.4. The van der Waals surface area contributed by atoms with Crippen LogP contribution in [0.4, 0.5) is 11.4 Å². The molecule has 5 heteroatoms. The molecule has 0 saturated heterocycles. The Morgan fingerprint density at radius 3 is 2.28 bits per heavy atom. The molecule has 3 aromatic carbocycles. The van der Waals surface area contributed by atoms with Gasteiger partial charge in [0.25, 0.3) is 11.8 Å². The van der Waals surface area contributed by atoms with Gasteiger partial charge >= 0.3 is 0 Å². The minimum Gasteiger partial charge on any atom is -0.495 e. The summed E-state index contributed by atoms with van der Waals surface area (Å²) in [6.07, 6.45) is 0. The number of carbonyl (C=O) groups is 2. The lowest BCUT2D eigenvalue weighted by Gasteiger charge is -2.16. The first-order valence-corrected chi connectivity index (χ1v) is 9.25. The van der Waals surface area contributed by atoms with Gasteiger partial charge < -0.3 is 10.1 Å². The Kier molecular flexibility index (Phi) is 4.87. The summed E-state index contributed by atoms with van der Waals surface area (Å²) >= 11 is 0. The van der Waals surface area contributed by atoms with Crippen LogP contribution in [0.25, 0.3) is 5.57 Å². The van der Waals surface area contributed by atoms with E-state index in [1.165, 1.54) is 4.90 Å². The van der Waals surface area contributed by atoms with E-state index in [4.69, 9.17) is 4.74 Å². The van der Waals surface area contributed by atoms with E-state index < -0.39 is 5.91 Å². The summed E-state index contributed by atoms with van der Waals surface area (Å²) in [5.41, 5.74) is 3.38. The maximum Gasteiger partial charge on any atom is 0.282 e. The van der Waals surface area contributed by atoms with Crippen molar-refractivity contribution in [2.75, 3.05) is 17.3 Å². The van der Waals surface area contributed by atoms with Crippen LogP contribution in [0.3, 0.4) is 0 Å². The molecule has 144 valence electrons. The predicted molar refractivity (Wildman–Crippen MR) is 114 cm³/mol. The third-order valence-corrected chi connectivity index (χ3v) is 4.77. The summed E-state index contributed by atoms with van der Waals surface area (Å²) in [6, 6.07) is 23.8. The number of amides is 2. The minimum atomic E-state index is -0.398. The molecular formula is C24H20N2O3. The van der Waals surface area contributed by atoms with Crippen molar-refractivity contribution >= 4 is 28.8 Å². The number of ether oxygens (including phenoxy) is 1. The van der Waals surface area contributed by atoms with Gasteiger partial charge in [0.15, 0.2) is 0 Å². The Morgan fingerprint density at radius 2 is 1.55 bits per heavy atom. The number of imide groups is 1. The van der Waals surface area contributed by atoms with Gasteiger partial charge in [-0.1, -0.05) is 54.6 Å². The number of benzene rings is 3. The Hall–Kier alpha value is -3.86. The number of nitrogens with zero attached hydrogens (tertiary/aromatic N) is 1. The Balaban J connectivity index is 1.84. The Morgan fingerprint density at radius 1 is 0.828 bits per heavy atom. The summed E-state index contributed by atoms with van der Waals surface area (Å²) < 4.78 is 5.39. The summed E-state index contributed by atoms with van der Waals surface area (Å²) in [7, 11) is 1.56. The monoisotopic (exact) mass is 384 g/mol. The number of methoxy groups -OCH3 is 1. The molecule has 0 atom stereocenters. The third kappa shape index (κ3) is 3.38. The van der Waals surface area contributed by atoms with Gasteiger partial charge in [-0.25, -0.2) is 4.90 Å². The van der Waals surface area contributed by atoms with Crippen LogP contribution in [0.15, 0.2) is 84.6 Å². The van der Waals surface area contributed by atoms with Crippen molar-refractivity contribution < 1.29 is 14.3 Å². The van der Waals surface area contributed by atoms with Gasteiger partial charge in [-0.05, 0) is 42.3 Å². The average molecular weight is 384 g/mol. The summed E-state index contributed by atoms with van der Waals surface area (Å²) in [5.74, 6) is -0.170. The van der Waals surface area contributed by atoms with Crippen molar-refractivity contribution in [3.8, 4) is 5.75 Å². The van der Waals surface area contributed by atoms with Gasteiger partial charge in [-0.3, -0.25) is 9.59 Å². The van der Waals surface area contributed by atoms with Crippen LogP contribution in [0.5, 0.6) is 5.75 Å². The summed E-state index contributed by atoms with van der Waals surface area (Å²) in [6.45, 7) is 1.92. The van der Waals surface area contributed by atoms with E-state index in [0.29, 0.717) is 28.3 Å². The van der Waals surface area contributed by atoms with E-state index in [1.54, 1.807) is 19.2 Å². The number of aryl methyl sites for hydroxylation is 1. The molecule has 1 aliphatic heterocycles. The molecule has 0 unspecified atom stereocenters. The van der Waals surface area contributed by atoms with E-state index in [0.717, 1.165) is 5.56 Å². The molecule has 0 aromatic heterocycles. The topological polar surface area (TPSA) is 58.6 Å². The smallest absolute Gasteiger partial charge is 0.282 e. The van der Waals surface area contributed by atoms with Crippen molar-refractivity contribution in [2.45, 2.75) is 6.92 Å². The van der Waals surface area contributed by atoms with Crippen molar-refractivity contribution in [1.82, 2.24) is 0 Å². The first-order valence-electron chi connectivity index (χ1n) is 9.25. The van der Waals surface area contributed by atoms with Gasteiger partial charge in [0.2, 0.25) is 0 Å². The second kappa shape index (κ2) is 7.64. The number of para-hydroxylation sites is 2. The molecule has 0 radical (unpaired) electrons. The number of anilines is 2. The van der Waals surface area contributed by atoms with Crippen LogP contribution < -0.4 is 15.0 Å². The average Bonchev–Trinajstić information content (AvgIpc) is 2.98. The summed E-state index contributed by atoms with van der Waals surface area (Å²) in [5, 5.41) is 3.15. The Labute approximate surface area is 169 Å². The van der Waals surface area contributed by atoms with Gasteiger partial charge in [0.05, 0.1) is 24.1 Å². The second-order valence-electron chi connectivity index (χ2n) is 6.73. The van der Waals surface area contributed by atoms with Crippen molar-refractivity contribution in [3.05, 3.63) is 95.7 Å². The first-order chi connectivity index (χ1) is 14.1. The normalized spacial score (nSPS) is 13.8. The number of rotatable bonds is 5. The molecule has 0 saturated carbocycles. The fourth-order valence-electron chi connectivity index (χ4n) is 3.40. The standard InChI is InChI=1S/C24H20N2O3/c1-16-9-8-12-18(15-16)26-23(27)21(17-10-4-3-5-11-17)22(24(26)28)25-19-13-6-7-14-20(19)29-2/h3-15,25H,1-2H3. The highest BCUT2D eigenvalue weighted by Gasteiger charge is 2.40. The Bertz CT molecular complexity index is 1120. The fraction of sp³-hybridized carbons (Fsp3) is 0.0833. The highest BCUT2D eigenvalue weighted by atomic mass is 16.5. The SMILES string of the molecule is COc1ccccc1NC1=C(c2ccccc2)C(=O)N(c2cccc(C)c2)C1=O. The molecule has 0 bridgehead atoms. The van der Waals surface area contributed by atoms with Gasteiger partial charge in [0.1, 0.15) is 11.4 Å². The lowest BCUT2D eigenvalue weighted by Crippen LogP contribution is -2.32. The molecule has 1 heterocycles. The van der Waals surface area contributed by atoms with Crippen molar-refractivity contribution in [3.63, 3.8) is 0 Å². The predicted octanol–water partition coefficient (Wildman–Crippen LogP) is 4.40. The lowest BCUT2D eigenvalue weighted by molar-refractivity contribution is -0.120. The molecule has 1 N–H and O–H groups in total. The number of carbonyl (C=O) groups excluding carboxylic acids is 2. The zero-order valence-electron chi connectivity index (χ0n) is 16.2. The van der Waals surface area contributed by atoms with Gasteiger partial charge in [-0.2, -0.15) is 0 Å². The molecule has 0 fully saturated rings. The van der Waals surface area contributed by atoms with Crippen LogP contribution in [-0.4, -0.2) is 18.9 Å². The van der Waals surface area contributed by atoms with E-state index in [1.807, 2.05) is 73.7 Å². The highest BCUT2D eigenvalue weighted by Crippen LogP contribution is 2.35. The lowest BCUT2D eigenvalue weighted by atomic mass is 10.0. The molecule has 5 nitrogen and oxygen atoms in total. The third-order valence-electron chi connectivity index (χ3n) is 4.77. The van der Waals surface area contributed by atoms with Crippen LogP contribution in [0.2, 0.25) is 0 Å². The van der Waals surface area contributed by atoms with Crippen LogP contribution in [0.1, 0.15) is 11.1 Å². The molecular weight excluding hydrogens is 364 g/mol. The van der Waals surface area contributed by atoms with Crippen molar-refractivity contribution in [1.29, 1.82) is 0 Å². The number of hydrogen-bond donors (Lipinski definition) is 1. The molecule has 4 rings (SSSR count). The first kappa shape index (κ1) is 18.5. The summed E-state index contributed by atoms with van der Waals surface area (Å²) in [4.78, 5) is 27.9. The van der Waals surface area contributed by atoms with E-state index in [2.05, 4.69) is 5.32 Å². The van der Waals surface area contributed by atoms with Crippen molar-refractivity contribution in [2.24, 2.45) is 0 Å². The maximum atomic E-state index is 13.4. The molecule has 1 aliphatic rings. The second-order valence-corrected chi connectivity index (χ2v) is 6.73. The van der Waals surface area contributed by atoms with Gasteiger partial charge in [0, 0.05) is 0 Å². The maximum absolute atomic E-state index is 13.4. The number of nitrogens with one attached hydrogen (secondary N) is 1. The molecule has 29 heavy (non-hydrogen) atoms. The molecule has 0 aliphatic carbocycles. The van der Waals surface area contributed by atoms with Crippen LogP contribution in [0, 0.1) is 6.92 Å². The largest absolute Gasteiger partial charge is 0.495 e. The minimum absolute atomic E-state index is 0.229. The number of hydrogen-bond acceptors (Lipinski definition) is 4.